The Morgan fingerprint density at radius 1 is 1.47 bits per heavy atom. The summed E-state index contributed by atoms with van der Waals surface area (Å²) in [7, 11) is 1.93. The Morgan fingerprint density at radius 3 is 3.00 bits per heavy atom. The predicted molar refractivity (Wildman–Crippen MR) is 58.5 cm³/mol. The van der Waals surface area contributed by atoms with Crippen LogP contribution in [0.25, 0.3) is 0 Å². The minimum absolute atomic E-state index is 0.461. The Balaban J connectivity index is 1.77. The molecule has 0 aliphatic heterocycles. The van der Waals surface area contributed by atoms with Crippen molar-refractivity contribution in [1.82, 2.24) is 5.32 Å². The number of hydrogen-bond acceptors (Lipinski definition) is 3. The summed E-state index contributed by atoms with van der Waals surface area (Å²) in [6.07, 6.45) is 7.31. The van der Waals surface area contributed by atoms with Gasteiger partial charge in [-0.2, -0.15) is 0 Å². The lowest BCUT2D eigenvalue weighted by molar-refractivity contribution is 0.0357. The molecular formula is C12H19NO2. The van der Waals surface area contributed by atoms with E-state index in [2.05, 4.69) is 11.4 Å². The van der Waals surface area contributed by atoms with Crippen LogP contribution in [0.15, 0.2) is 16.7 Å². The van der Waals surface area contributed by atoms with E-state index in [1.54, 1.807) is 6.26 Å². The quantitative estimate of drug-likeness (QED) is 0.809. The first-order valence-electron chi connectivity index (χ1n) is 5.71. The minimum Gasteiger partial charge on any atom is -0.467 e. The predicted octanol–water partition coefficient (Wildman–Crippen LogP) is 2.46. The van der Waals surface area contributed by atoms with Crippen LogP contribution in [0.2, 0.25) is 0 Å². The molecule has 1 saturated carbocycles. The van der Waals surface area contributed by atoms with Crippen LogP contribution >= 0.6 is 0 Å². The van der Waals surface area contributed by atoms with Gasteiger partial charge in [0.25, 0.3) is 0 Å². The highest BCUT2D eigenvalue weighted by Crippen LogP contribution is 2.22. The molecule has 1 aliphatic rings. The number of ether oxygens (including phenoxy) is 1. The van der Waals surface area contributed by atoms with Crippen molar-refractivity contribution in [2.24, 2.45) is 0 Å². The zero-order chi connectivity index (χ0) is 10.5. The standard InChI is InChI=1S/C12H19NO2/c1-13-7-10-6-12(14-8-10)9-15-11-4-2-3-5-11/h6,8,11,13H,2-5,7,9H2,1H3. The van der Waals surface area contributed by atoms with E-state index in [9.17, 15) is 0 Å². The van der Waals surface area contributed by atoms with Crippen molar-refractivity contribution in [3.05, 3.63) is 23.7 Å². The topological polar surface area (TPSA) is 34.4 Å². The Bertz CT molecular complexity index is 290. The molecule has 1 fully saturated rings. The van der Waals surface area contributed by atoms with Crippen LogP contribution in [0.5, 0.6) is 0 Å². The second-order valence-corrected chi connectivity index (χ2v) is 4.17. The van der Waals surface area contributed by atoms with Gasteiger partial charge in [-0.1, -0.05) is 12.8 Å². The SMILES string of the molecule is CNCc1coc(COC2CCCC2)c1. The van der Waals surface area contributed by atoms with Crippen molar-refractivity contribution in [2.75, 3.05) is 7.05 Å². The number of nitrogens with one attached hydrogen (secondary N) is 1. The molecule has 0 amide bonds. The normalized spacial score (nSPS) is 17.4. The van der Waals surface area contributed by atoms with Gasteiger partial charge in [-0.05, 0) is 26.0 Å². The zero-order valence-corrected chi connectivity index (χ0v) is 9.29. The molecule has 1 heterocycles. The largest absolute Gasteiger partial charge is 0.467 e. The van der Waals surface area contributed by atoms with Crippen LogP contribution in [0.4, 0.5) is 0 Å². The average molecular weight is 209 g/mol. The van der Waals surface area contributed by atoms with Crippen LogP contribution in [0, 0.1) is 0 Å². The fourth-order valence-electron chi connectivity index (χ4n) is 2.05. The van der Waals surface area contributed by atoms with E-state index in [1.807, 2.05) is 7.05 Å². The molecule has 1 aliphatic carbocycles. The number of hydrogen-bond donors (Lipinski definition) is 1. The molecule has 0 saturated heterocycles. The molecule has 2 rings (SSSR count). The van der Waals surface area contributed by atoms with E-state index < -0.39 is 0 Å². The summed E-state index contributed by atoms with van der Waals surface area (Å²) in [5.74, 6) is 0.937. The van der Waals surface area contributed by atoms with Crippen molar-refractivity contribution < 1.29 is 9.15 Å². The highest BCUT2D eigenvalue weighted by molar-refractivity contribution is 5.11. The van der Waals surface area contributed by atoms with E-state index in [4.69, 9.17) is 9.15 Å². The fourth-order valence-corrected chi connectivity index (χ4v) is 2.05. The molecule has 15 heavy (non-hydrogen) atoms. The first-order valence-corrected chi connectivity index (χ1v) is 5.71. The summed E-state index contributed by atoms with van der Waals surface area (Å²) in [4.78, 5) is 0. The van der Waals surface area contributed by atoms with Gasteiger partial charge in [0.15, 0.2) is 0 Å². The highest BCUT2D eigenvalue weighted by Gasteiger charge is 2.15. The van der Waals surface area contributed by atoms with E-state index >= 15 is 0 Å². The van der Waals surface area contributed by atoms with Crippen LogP contribution in [-0.2, 0) is 17.9 Å². The lowest BCUT2D eigenvalue weighted by Gasteiger charge is -2.08. The fraction of sp³-hybridized carbons (Fsp3) is 0.667. The second-order valence-electron chi connectivity index (χ2n) is 4.17. The zero-order valence-electron chi connectivity index (χ0n) is 9.29. The third-order valence-electron chi connectivity index (χ3n) is 2.85. The van der Waals surface area contributed by atoms with Crippen molar-refractivity contribution in [1.29, 1.82) is 0 Å². The summed E-state index contributed by atoms with van der Waals surface area (Å²) in [6, 6.07) is 2.06. The maximum Gasteiger partial charge on any atom is 0.129 e. The van der Waals surface area contributed by atoms with Crippen molar-refractivity contribution in [2.45, 2.75) is 44.9 Å². The summed E-state index contributed by atoms with van der Waals surface area (Å²) in [6.45, 7) is 1.47. The summed E-state index contributed by atoms with van der Waals surface area (Å²) in [5, 5.41) is 3.09. The molecule has 0 spiro atoms. The van der Waals surface area contributed by atoms with E-state index in [1.165, 1.54) is 31.2 Å². The monoisotopic (exact) mass is 209 g/mol. The third kappa shape index (κ3) is 3.08. The molecule has 3 nitrogen and oxygen atoms in total. The second kappa shape index (κ2) is 5.33. The molecule has 0 bridgehead atoms. The molecular weight excluding hydrogens is 190 g/mol. The van der Waals surface area contributed by atoms with Gasteiger partial charge in [-0.25, -0.2) is 0 Å². The molecule has 0 atom stereocenters. The van der Waals surface area contributed by atoms with E-state index in [-0.39, 0.29) is 0 Å². The average Bonchev–Trinajstić information content (AvgIpc) is 2.85. The number of rotatable bonds is 5. The van der Waals surface area contributed by atoms with Crippen LogP contribution < -0.4 is 5.32 Å². The molecule has 1 aromatic heterocycles. The van der Waals surface area contributed by atoms with Crippen molar-refractivity contribution in [3.8, 4) is 0 Å². The molecule has 3 heteroatoms. The van der Waals surface area contributed by atoms with Gasteiger partial charge in [0, 0.05) is 12.1 Å². The Kier molecular flexibility index (Phi) is 3.80. The number of furan rings is 1. The maximum atomic E-state index is 5.77. The molecule has 0 unspecified atom stereocenters. The van der Waals surface area contributed by atoms with Crippen LogP contribution in [0.1, 0.15) is 37.0 Å². The van der Waals surface area contributed by atoms with Gasteiger partial charge in [0.2, 0.25) is 0 Å². The third-order valence-corrected chi connectivity index (χ3v) is 2.85. The van der Waals surface area contributed by atoms with Gasteiger partial charge in [0.05, 0.1) is 12.4 Å². The molecule has 0 aromatic carbocycles. The molecule has 1 N–H and O–H groups in total. The minimum atomic E-state index is 0.461. The highest BCUT2D eigenvalue weighted by atomic mass is 16.5. The Morgan fingerprint density at radius 2 is 2.27 bits per heavy atom. The Labute approximate surface area is 90.8 Å². The molecule has 0 radical (unpaired) electrons. The van der Waals surface area contributed by atoms with Gasteiger partial charge in [-0.3, -0.25) is 0 Å². The summed E-state index contributed by atoms with van der Waals surface area (Å²) >= 11 is 0. The molecule has 1 aromatic rings. The van der Waals surface area contributed by atoms with E-state index in [0.29, 0.717) is 12.7 Å². The Hall–Kier alpha value is -0.800. The molecule has 84 valence electrons. The summed E-state index contributed by atoms with van der Waals surface area (Å²) < 4.78 is 11.2. The summed E-state index contributed by atoms with van der Waals surface area (Å²) in [5.41, 5.74) is 1.18. The van der Waals surface area contributed by atoms with Gasteiger partial charge in [0.1, 0.15) is 12.4 Å². The lowest BCUT2D eigenvalue weighted by Crippen LogP contribution is -2.06. The van der Waals surface area contributed by atoms with Crippen molar-refractivity contribution >= 4 is 0 Å². The van der Waals surface area contributed by atoms with Gasteiger partial charge >= 0.3 is 0 Å². The van der Waals surface area contributed by atoms with Gasteiger partial charge in [-0.15, -0.1) is 0 Å². The van der Waals surface area contributed by atoms with Gasteiger partial charge < -0.3 is 14.5 Å². The maximum absolute atomic E-state index is 5.77. The van der Waals surface area contributed by atoms with Crippen molar-refractivity contribution in [3.63, 3.8) is 0 Å². The first kappa shape index (κ1) is 10.7. The van der Waals surface area contributed by atoms with Crippen LogP contribution in [-0.4, -0.2) is 13.2 Å². The van der Waals surface area contributed by atoms with E-state index in [0.717, 1.165) is 12.3 Å². The first-order chi connectivity index (χ1) is 7.38. The lowest BCUT2D eigenvalue weighted by atomic mass is 10.3. The van der Waals surface area contributed by atoms with Crippen LogP contribution in [0.3, 0.4) is 0 Å². The smallest absolute Gasteiger partial charge is 0.129 e.